The van der Waals surface area contributed by atoms with Crippen LogP contribution < -0.4 is 19.8 Å². The first kappa shape index (κ1) is 24.6. The van der Waals surface area contributed by atoms with Crippen LogP contribution in [0.3, 0.4) is 0 Å². The van der Waals surface area contributed by atoms with Gasteiger partial charge in [-0.1, -0.05) is 44.4 Å². The molecular formula is C30H30N2O5. The monoisotopic (exact) mass is 498 g/mol. The Balaban J connectivity index is 1.62. The molecule has 1 aliphatic heterocycles. The number of hydrogen-bond acceptors (Lipinski definition) is 6. The molecule has 3 heterocycles. The van der Waals surface area contributed by atoms with E-state index in [4.69, 9.17) is 13.9 Å². The van der Waals surface area contributed by atoms with Gasteiger partial charge in [0.2, 0.25) is 5.76 Å². The van der Waals surface area contributed by atoms with Crippen molar-refractivity contribution in [1.82, 2.24) is 4.98 Å². The summed E-state index contributed by atoms with van der Waals surface area (Å²) in [6.45, 7) is 4.70. The first-order valence-electron chi connectivity index (χ1n) is 12.7. The molecule has 1 amide bonds. The van der Waals surface area contributed by atoms with Crippen molar-refractivity contribution >= 4 is 22.7 Å². The Morgan fingerprint density at radius 2 is 1.84 bits per heavy atom. The molecule has 0 aliphatic carbocycles. The zero-order valence-corrected chi connectivity index (χ0v) is 21.3. The lowest BCUT2D eigenvalue weighted by molar-refractivity contribution is 0.0970. The van der Waals surface area contributed by atoms with E-state index in [0.29, 0.717) is 46.0 Å². The van der Waals surface area contributed by atoms with Crippen molar-refractivity contribution in [2.75, 3.05) is 18.6 Å². The molecule has 0 spiro atoms. The number of rotatable bonds is 9. The highest BCUT2D eigenvalue weighted by Crippen LogP contribution is 2.42. The van der Waals surface area contributed by atoms with E-state index in [-0.39, 0.29) is 11.2 Å². The number of carbonyl (C=O) groups is 1. The van der Waals surface area contributed by atoms with Gasteiger partial charge in [0.25, 0.3) is 5.91 Å². The first-order chi connectivity index (χ1) is 18.0. The van der Waals surface area contributed by atoms with Gasteiger partial charge in [0.15, 0.2) is 16.9 Å². The Morgan fingerprint density at radius 3 is 2.62 bits per heavy atom. The number of hydrogen-bond donors (Lipinski definition) is 0. The van der Waals surface area contributed by atoms with Crippen LogP contribution in [0.5, 0.6) is 11.5 Å². The standard InChI is InChI=1S/C30H30N2O5/c1-4-5-6-9-16-36-23-13-12-20(18-24(23)35-3)27-26-28(33)21-10-7-8-11-22(21)37-29(26)30(34)32(27)25-17-19(2)14-15-31-25/h7-8,10-15,17-18,27H,4-6,9,16H2,1-3H3. The zero-order chi connectivity index (χ0) is 25.9. The van der Waals surface area contributed by atoms with Crippen molar-refractivity contribution in [1.29, 1.82) is 0 Å². The number of anilines is 1. The predicted octanol–water partition coefficient (Wildman–Crippen LogP) is 6.21. The molecule has 0 radical (unpaired) electrons. The molecule has 2 aromatic heterocycles. The highest BCUT2D eigenvalue weighted by molar-refractivity contribution is 6.10. The first-order valence-corrected chi connectivity index (χ1v) is 12.7. The minimum atomic E-state index is -0.731. The lowest BCUT2D eigenvalue weighted by Gasteiger charge is -2.25. The summed E-state index contributed by atoms with van der Waals surface area (Å²) in [6.07, 6.45) is 6.06. The van der Waals surface area contributed by atoms with Crippen molar-refractivity contribution in [3.05, 3.63) is 93.5 Å². The van der Waals surface area contributed by atoms with E-state index in [2.05, 4.69) is 11.9 Å². The second-order valence-electron chi connectivity index (χ2n) is 9.26. The fourth-order valence-corrected chi connectivity index (χ4v) is 4.81. The maximum absolute atomic E-state index is 13.7. The highest BCUT2D eigenvalue weighted by Gasteiger charge is 2.44. The third kappa shape index (κ3) is 4.57. The number of benzene rings is 2. The summed E-state index contributed by atoms with van der Waals surface area (Å²) in [5, 5.41) is 0.428. The van der Waals surface area contributed by atoms with E-state index in [0.717, 1.165) is 24.8 Å². The second-order valence-corrected chi connectivity index (χ2v) is 9.26. The van der Waals surface area contributed by atoms with E-state index in [1.165, 1.54) is 11.3 Å². The molecule has 0 saturated heterocycles. The Morgan fingerprint density at radius 1 is 1.00 bits per heavy atom. The molecule has 7 nitrogen and oxygen atoms in total. The summed E-state index contributed by atoms with van der Waals surface area (Å²) in [5.41, 5.74) is 2.08. The molecule has 0 bridgehead atoms. The quantitative estimate of drug-likeness (QED) is 0.255. The second kappa shape index (κ2) is 10.5. The molecule has 0 N–H and O–H groups in total. The van der Waals surface area contributed by atoms with Crippen molar-refractivity contribution in [3.8, 4) is 11.5 Å². The van der Waals surface area contributed by atoms with Gasteiger partial charge < -0.3 is 13.9 Å². The highest BCUT2D eigenvalue weighted by atomic mass is 16.5. The van der Waals surface area contributed by atoms with Gasteiger partial charge in [0, 0.05) is 6.20 Å². The molecule has 4 aromatic rings. The smallest absolute Gasteiger partial charge is 0.296 e. The van der Waals surface area contributed by atoms with Crippen molar-refractivity contribution in [2.24, 2.45) is 0 Å². The number of pyridine rings is 1. The van der Waals surface area contributed by atoms with Crippen LogP contribution in [0.2, 0.25) is 0 Å². The third-order valence-corrected chi connectivity index (χ3v) is 6.68. The molecule has 2 aromatic carbocycles. The lowest BCUT2D eigenvalue weighted by Crippen LogP contribution is -2.30. The average Bonchev–Trinajstić information content (AvgIpc) is 3.21. The summed E-state index contributed by atoms with van der Waals surface area (Å²) in [6, 6.07) is 15.5. The number of nitrogens with zero attached hydrogens (tertiary/aromatic N) is 2. The van der Waals surface area contributed by atoms with Crippen LogP contribution in [0, 0.1) is 6.92 Å². The van der Waals surface area contributed by atoms with Gasteiger partial charge in [-0.15, -0.1) is 0 Å². The Labute approximate surface area is 215 Å². The van der Waals surface area contributed by atoms with Crippen LogP contribution >= 0.6 is 0 Å². The number of amides is 1. The Bertz CT molecular complexity index is 1510. The van der Waals surface area contributed by atoms with Crippen molar-refractivity contribution in [3.63, 3.8) is 0 Å². The van der Waals surface area contributed by atoms with Gasteiger partial charge in [-0.05, 0) is 60.9 Å². The maximum Gasteiger partial charge on any atom is 0.296 e. The minimum absolute atomic E-state index is 0.0345. The zero-order valence-electron chi connectivity index (χ0n) is 21.3. The van der Waals surface area contributed by atoms with E-state index in [1.807, 2.05) is 37.3 Å². The molecular weight excluding hydrogens is 468 g/mol. The minimum Gasteiger partial charge on any atom is -0.493 e. The average molecular weight is 499 g/mol. The number of carbonyl (C=O) groups excluding carboxylic acids is 1. The number of unbranched alkanes of at least 4 members (excludes halogenated alkanes) is 3. The fraction of sp³-hybridized carbons (Fsp3) is 0.300. The van der Waals surface area contributed by atoms with Crippen LogP contribution in [0.25, 0.3) is 11.0 Å². The van der Waals surface area contributed by atoms with Gasteiger partial charge in [-0.3, -0.25) is 14.5 Å². The van der Waals surface area contributed by atoms with Crippen LogP contribution in [-0.4, -0.2) is 24.6 Å². The van der Waals surface area contributed by atoms with Gasteiger partial charge in [0.1, 0.15) is 11.4 Å². The van der Waals surface area contributed by atoms with Crippen molar-refractivity contribution in [2.45, 2.75) is 45.6 Å². The topological polar surface area (TPSA) is 81.9 Å². The fourth-order valence-electron chi connectivity index (χ4n) is 4.81. The molecule has 7 heteroatoms. The molecule has 0 fully saturated rings. The Kier molecular flexibility index (Phi) is 6.95. The number of aromatic nitrogens is 1. The van der Waals surface area contributed by atoms with E-state index < -0.39 is 11.9 Å². The predicted molar refractivity (Wildman–Crippen MR) is 143 cm³/mol. The van der Waals surface area contributed by atoms with Crippen LogP contribution in [0.1, 0.15) is 65.9 Å². The van der Waals surface area contributed by atoms with Crippen LogP contribution in [-0.2, 0) is 0 Å². The van der Waals surface area contributed by atoms with Gasteiger partial charge in [-0.25, -0.2) is 4.98 Å². The number of aryl methyl sites for hydroxylation is 1. The van der Waals surface area contributed by atoms with E-state index in [1.54, 1.807) is 37.6 Å². The summed E-state index contributed by atoms with van der Waals surface area (Å²) in [4.78, 5) is 33.5. The summed E-state index contributed by atoms with van der Waals surface area (Å²) in [5.74, 6) is 1.23. The summed E-state index contributed by atoms with van der Waals surface area (Å²) >= 11 is 0. The number of para-hydroxylation sites is 1. The Hall–Kier alpha value is -4.13. The third-order valence-electron chi connectivity index (χ3n) is 6.68. The molecule has 5 rings (SSSR count). The van der Waals surface area contributed by atoms with Crippen LogP contribution in [0.4, 0.5) is 5.82 Å². The largest absolute Gasteiger partial charge is 0.493 e. The van der Waals surface area contributed by atoms with Gasteiger partial charge in [0.05, 0.1) is 30.7 Å². The number of ether oxygens (including phenoxy) is 2. The van der Waals surface area contributed by atoms with E-state index >= 15 is 0 Å². The molecule has 1 unspecified atom stereocenters. The van der Waals surface area contributed by atoms with Crippen LogP contribution in [0.15, 0.2) is 70.0 Å². The lowest BCUT2D eigenvalue weighted by atomic mass is 9.98. The molecule has 190 valence electrons. The maximum atomic E-state index is 13.7. The SMILES string of the molecule is CCCCCCOc1ccc(C2c3c(oc4ccccc4c3=O)C(=O)N2c2cc(C)ccn2)cc1OC. The van der Waals surface area contributed by atoms with Gasteiger partial charge >= 0.3 is 0 Å². The summed E-state index contributed by atoms with van der Waals surface area (Å²) in [7, 11) is 1.58. The van der Waals surface area contributed by atoms with Gasteiger partial charge in [-0.2, -0.15) is 0 Å². The molecule has 1 aliphatic rings. The molecule has 0 saturated carbocycles. The summed E-state index contributed by atoms with van der Waals surface area (Å²) < 4.78 is 17.7. The van der Waals surface area contributed by atoms with Crippen molar-refractivity contribution < 1.29 is 18.7 Å². The number of methoxy groups -OCH3 is 1. The molecule has 37 heavy (non-hydrogen) atoms. The normalized spacial score (nSPS) is 14.7. The van der Waals surface area contributed by atoms with E-state index in [9.17, 15) is 9.59 Å². The molecule has 1 atom stereocenters. The number of fused-ring (bicyclic) bond motifs is 2.